The highest BCUT2D eigenvalue weighted by molar-refractivity contribution is 5.19. The van der Waals surface area contributed by atoms with Crippen LogP contribution in [-0.2, 0) is 0 Å². The summed E-state index contributed by atoms with van der Waals surface area (Å²) in [7, 11) is 0. The molecule has 12 heavy (non-hydrogen) atoms. The average Bonchev–Trinajstić information content (AvgIpc) is 2.07. The van der Waals surface area contributed by atoms with Crippen LogP contribution < -0.4 is 5.48 Å². The van der Waals surface area contributed by atoms with Crippen LogP contribution in [0.3, 0.4) is 0 Å². The molecule has 0 aromatic heterocycles. The summed E-state index contributed by atoms with van der Waals surface area (Å²) in [5.41, 5.74) is 2.89. The van der Waals surface area contributed by atoms with Gasteiger partial charge in [0.15, 0.2) is 0 Å². The standard InChI is InChI=1S/C9H12FNO/c1-2-9(11-12)7-4-3-5-8(10)6-7/h3-6,9,11-12H,2H2,1H3/t9-/m0/s1. The quantitative estimate of drug-likeness (QED) is 0.680. The molecular formula is C9H12FNO. The second kappa shape index (κ2) is 4.18. The molecule has 0 fully saturated rings. The van der Waals surface area contributed by atoms with E-state index >= 15 is 0 Å². The number of hydrogen-bond acceptors (Lipinski definition) is 2. The smallest absolute Gasteiger partial charge is 0.123 e. The molecule has 0 saturated carbocycles. The molecular weight excluding hydrogens is 157 g/mol. The number of benzene rings is 1. The van der Waals surface area contributed by atoms with Gasteiger partial charge in [-0.05, 0) is 24.1 Å². The van der Waals surface area contributed by atoms with E-state index < -0.39 is 0 Å². The summed E-state index contributed by atoms with van der Waals surface area (Å²) in [6, 6.07) is 6.02. The van der Waals surface area contributed by atoms with Crippen molar-refractivity contribution in [3.63, 3.8) is 0 Å². The molecule has 66 valence electrons. The van der Waals surface area contributed by atoms with Crippen LogP contribution in [0, 0.1) is 5.82 Å². The van der Waals surface area contributed by atoms with Crippen molar-refractivity contribution < 1.29 is 9.60 Å². The van der Waals surface area contributed by atoms with Gasteiger partial charge in [0, 0.05) is 0 Å². The summed E-state index contributed by atoms with van der Waals surface area (Å²) in [6.45, 7) is 1.92. The van der Waals surface area contributed by atoms with E-state index in [1.54, 1.807) is 12.1 Å². The molecule has 1 rings (SSSR count). The highest BCUT2D eigenvalue weighted by atomic mass is 19.1. The van der Waals surface area contributed by atoms with Gasteiger partial charge in [-0.15, -0.1) is 0 Å². The molecule has 0 bridgehead atoms. The van der Waals surface area contributed by atoms with E-state index in [2.05, 4.69) is 5.48 Å². The SMILES string of the molecule is CC[C@H](NO)c1cccc(F)c1. The number of hydroxylamine groups is 1. The van der Waals surface area contributed by atoms with Crippen molar-refractivity contribution in [2.45, 2.75) is 19.4 Å². The first-order valence-corrected chi connectivity index (χ1v) is 3.93. The van der Waals surface area contributed by atoms with E-state index in [0.717, 1.165) is 12.0 Å². The highest BCUT2D eigenvalue weighted by Gasteiger charge is 2.06. The molecule has 0 aliphatic heterocycles. The summed E-state index contributed by atoms with van der Waals surface area (Å²) >= 11 is 0. The van der Waals surface area contributed by atoms with Crippen molar-refractivity contribution in [1.82, 2.24) is 5.48 Å². The molecule has 1 aromatic carbocycles. The topological polar surface area (TPSA) is 32.3 Å². The molecule has 0 amide bonds. The first-order valence-electron chi connectivity index (χ1n) is 3.93. The fourth-order valence-electron chi connectivity index (χ4n) is 1.12. The molecule has 0 spiro atoms. The second-order valence-electron chi connectivity index (χ2n) is 2.64. The molecule has 0 aliphatic rings. The Morgan fingerprint density at radius 2 is 2.33 bits per heavy atom. The van der Waals surface area contributed by atoms with Gasteiger partial charge in [-0.3, -0.25) is 0 Å². The van der Waals surface area contributed by atoms with Crippen LogP contribution in [0.4, 0.5) is 4.39 Å². The minimum atomic E-state index is -0.277. The molecule has 0 heterocycles. The van der Waals surface area contributed by atoms with E-state index in [1.165, 1.54) is 12.1 Å². The summed E-state index contributed by atoms with van der Waals surface area (Å²) in [4.78, 5) is 0. The Kier molecular flexibility index (Phi) is 3.19. The van der Waals surface area contributed by atoms with Crippen molar-refractivity contribution in [3.8, 4) is 0 Å². The Hall–Kier alpha value is -0.930. The fourth-order valence-corrected chi connectivity index (χ4v) is 1.12. The number of nitrogens with one attached hydrogen (secondary N) is 1. The minimum absolute atomic E-state index is 0.180. The van der Waals surface area contributed by atoms with Gasteiger partial charge in [-0.25, -0.2) is 4.39 Å². The third-order valence-electron chi connectivity index (χ3n) is 1.82. The largest absolute Gasteiger partial charge is 0.316 e. The Morgan fingerprint density at radius 1 is 1.58 bits per heavy atom. The summed E-state index contributed by atoms with van der Waals surface area (Å²) in [6.07, 6.45) is 0.722. The Morgan fingerprint density at radius 3 is 2.83 bits per heavy atom. The second-order valence-corrected chi connectivity index (χ2v) is 2.64. The zero-order chi connectivity index (χ0) is 8.97. The average molecular weight is 169 g/mol. The maximum Gasteiger partial charge on any atom is 0.123 e. The van der Waals surface area contributed by atoms with Gasteiger partial charge in [-0.2, -0.15) is 5.48 Å². The van der Waals surface area contributed by atoms with Crippen molar-refractivity contribution in [3.05, 3.63) is 35.6 Å². The normalized spacial score (nSPS) is 12.9. The van der Waals surface area contributed by atoms with E-state index in [0.29, 0.717) is 0 Å². The molecule has 1 atom stereocenters. The highest BCUT2D eigenvalue weighted by Crippen LogP contribution is 2.16. The molecule has 1 aromatic rings. The van der Waals surface area contributed by atoms with Gasteiger partial charge < -0.3 is 5.21 Å². The summed E-state index contributed by atoms with van der Waals surface area (Å²) in [5.74, 6) is -0.277. The lowest BCUT2D eigenvalue weighted by molar-refractivity contribution is 0.124. The van der Waals surface area contributed by atoms with Gasteiger partial charge in [0.2, 0.25) is 0 Å². The van der Waals surface area contributed by atoms with Crippen LogP contribution in [0.25, 0.3) is 0 Å². The number of rotatable bonds is 3. The van der Waals surface area contributed by atoms with Crippen LogP contribution in [0.15, 0.2) is 24.3 Å². The monoisotopic (exact) mass is 169 g/mol. The van der Waals surface area contributed by atoms with Crippen LogP contribution in [0.1, 0.15) is 24.9 Å². The van der Waals surface area contributed by atoms with E-state index in [9.17, 15) is 4.39 Å². The Bertz CT molecular complexity index is 248. The summed E-state index contributed by atoms with van der Waals surface area (Å²) in [5, 5.41) is 8.70. The van der Waals surface area contributed by atoms with Crippen molar-refractivity contribution >= 4 is 0 Å². The molecule has 2 nitrogen and oxygen atoms in total. The Balaban J connectivity index is 2.85. The maximum atomic E-state index is 12.7. The van der Waals surface area contributed by atoms with Crippen LogP contribution >= 0.6 is 0 Å². The lowest BCUT2D eigenvalue weighted by atomic mass is 10.1. The number of halogens is 1. The van der Waals surface area contributed by atoms with Gasteiger partial charge in [0.1, 0.15) is 5.82 Å². The van der Waals surface area contributed by atoms with Crippen molar-refractivity contribution in [1.29, 1.82) is 0 Å². The molecule has 0 radical (unpaired) electrons. The molecule has 2 N–H and O–H groups in total. The third kappa shape index (κ3) is 2.03. The fraction of sp³-hybridized carbons (Fsp3) is 0.333. The molecule has 0 unspecified atom stereocenters. The predicted octanol–water partition coefficient (Wildman–Crippen LogP) is 2.26. The van der Waals surface area contributed by atoms with Crippen molar-refractivity contribution in [2.24, 2.45) is 0 Å². The molecule has 3 heteroatoms. The zero-order valence-corrected chi connectivity index (χ0v) is 6.92. The first kappa shape index (κ1) is 9.16. The van der Waals surface area contributed by atoms with Crippen molar-refractivity contribution in [2.75, 3.05) is 0 Å². The lowest BCUT2D eigenvalue weighted by Gasteiger charge is -2.12. The first-order chi connectivity index (χ1) is 5.77. The van der Waals surface area contributed by atoms with Crippen LogP contribution in [0.2, 0.25) is 0 Å². The van der Waals surface area contributed by atoms with Crippen LogP contribution in [0.5, 0.6) is 0 Å². The summed E-state index contributed by atoms with van der Waals surface area (Å²) < 4.78 is 12.7. The van der Waals surface area contributed by atoms with Gasteiger partial charge >= 0.3 is 0 Å². The van der Waals surface area contributed by atoms with Gasteiger partial charge in [0.25, 0.3) is 0 Å². The molecule has 0 aliphatic carbocycles. The van der Waals surface area contributed by atoms with Crippen LogP contribution in [-0.4, -0.2) is 5.21 Å². The predicted molar refractivity (Wildman–Crippen MR) is 44.4 cm³/mol. The van der Waals surface area contributed by atoms with E-state index in [-0.39, 0.29) is 11.9 Å². The van der Waals surface area contributed by atoms with E-state index in [1.807, 2.05) is 6.92 Å². The molecule has 0 saturated heterocycles. The van der Waals surface area contributed by atoms with E-state index in [4.69, 9.17) is 5.21 Å². The minimum Gasteiger partial charge on any atom is -0.316 e. The Labute approximate surface area is 71.0 Å². The number of hydrogen-bond donors (Lipinski definition) is 2. The zero-order valence-electron chi connectivity index (χ0n) is 6.92. The lowest BCUT2D eigenvalue weighted by Crippen LogP contribution is -2.15. The van der Waals surface area contributed by atoms with Gasteiger partial charge in [0.05, 0.1) is 6.04 Å². The third-order valence-corrected chi connectivity index (χ3v) is 1.82. The van der Waals surface area contributed by atoms with Gasteiger partial charge in [-0.1, -0.05) is 19.1 Å². The maximum absolute atomic E-state index is 12.7.